The van der Waals surface area contributed by atoms with Crippen LogP contribution in [0.25, 0.3) is 28.3 Å². The van der Waals surface area contributed by atoms with Crippen LogP contribution in [0.1, 0.15) is 82.7 Å². The fourth-order valence-corrected chi connectivity index (χ4v) is 6.27. The third kappa shape index (κ3) is 6.27. The van der Waals surface area contributed by atoms with Crippen molar-refractivity contribution in [1.29, 1.82) is 0 Å². The molecule has 0 amide bonds. The molecule has 236 valence electrons. The number of nitrogens with one attached hydrogen (secondary N) is 1. The Labute approximate surface area is 260 Å². The third-order valence-corrected chi connectivity index (χ3v) is 8.98. The van der Waals surface area contributed by atoms with Crippen LogP contribution in [0.15, 0.2) is 69.0 Å². The molecule has 11 nitrogen and oxygen atoms in total. The molecule has 0 radical (unpaired) electrons. The minimum Gasteiger partial charge on any atom is -0.388 e. The van der Waals surface area contributed by atoms with Crippen LogP contribution >= 0.6 is 0 Å². The number of aryl methyl sites for hydroxylation is 1. The Morgan fingerprint density at radius 2 is 1.78 bits per heavy atom. The molecule has 0 spiro atoms. The summed E-state index contributed by atoms with van der Waals surface area (Å²) in [5.41, 5.74) is 4.32. The minimum absolute atomic E-state index is 0.0160. The number of hydrogen-bond acceptors (Lipinski definition) is 8. The highest BCUT2D eigenvalue weighted by Gasteiger charge is 2.31. The standard InChI is InChI=1S/C34H40N6O5/c1-5-8-29-28(19-22-11-13-23(14-12-22)26-9-6-7-10-27(26)30-37-33(42)45-38-30)31(41)39(32-35-20-36-40(29)32)24-15-17-25(18-16-24)44-21(2)34(3,4)43/h6-7,9-14,20-21,24-25,43H,5,8,15-19H2,1-4H3,(H,37,38,42). The number of aromatic nitrogens is 6. The first kappa shape index (κ1) is 30.7. The van der Waals surface area contributed by atoms with E-state index in [2.05, 4.69) is 27.1 Å². The van der Waals surface area contributed by atoms with Gasteiger partial charge in [0.1, 0.15) is 6.33 Å². The molecule has 1 unspecified atom stereocenters. The largest absolute Gasteiger partial charge is 0.439 e. The Morgan fingerprint density at radius 1 is 1.07 bits per heavy atom. The van der Waals surface area contributed by atoms with Gasteiger partial charge in [-0.15, -0.1) is 0 Å². The molecule has 6 rings (SSSR count). The highest BCUT2D eigenvalue weighted by atomic mass is 16.5. The maximum atomic E-state index is 14.3. The monoisotopic (exact) mass is 612 g/mol. The Bertz CT molecular complexity index is 1890. The maximum Gasteiger partial charge on any atom is 0.439 e. The fourth-order valence-electron chi connectivity index (χ4n) is 6.27. The summed E-state index contributed by atoms with van der Waals surface area (Å²) < 4.78 is 14.6. The molecule has 2 N–H and O–H groups in total. The van der Waals surface area contributed by atoms with E-state index in [-0.39, 0.29) is 23.8 Å². The van der Waals surface area contributed by atoms with Gasteiger partial charge < -0.3 is 9.84 Å². The van der Waals surface area contributed by atoms with E-state index in [1.165, 1.54) is 6.33 Å². The van der Waals surface area contributed by atoms with Crippen LogP contribution in [0.4, 0.5) is 0 Å². The predicted molar refractivity (Wildman–Crippen MR) is 170 cm³/mol. The van der Waals surface area contributed by atoms with Gasteiger partial charge in [0.15, 0.2) is 5.82 Å². The smallest absolute Gasteiger partial charge is 0.388 e. The molecule has 3 aromatic heterocycles. The number of hydrogen-bond donors (Lipinski definition) is 2. The van der Waals surface area contributed by atoms with E-state index in [0.717, 1.165) is 65.6 Å². The molecular weight excluding hydrogens is 572 g/mol. The number of H-pyrrole nitrogens is 1. The molecule has 3 heterocycles. The van der Waals surface area contributed by atoms with Gasteiger partial charge in [0.05, 0.1) is 23.5 Å². The Morgan fingerprint density at radius 3 is 2.42 bits per heavy atom. The average Bonchev–Trinajstić information content (AvgIpc) is 3.69. The molecule has 0 bridgehead atoms. The van der Waals surface area contributed by atoms with Crippen LogP contribution in [-0.4, -0.2) is 52.2 Å². The lowest BCUT2D eigenvalue weighted by Crippen LogP contribution is -2.40. The molecule has 0 saturated heterocycles. The second kappa shape index (κ2) is 12.6. The average molecular weight is 613 g/mol. The number of benzene rings is 2. The minimum atomic E-state index is -0.912. The van der Waals surface area contributed by atoms with E-state index < -0.39 is 11.4 Å². The Kier molecular flexibility index (Phi) is 8.56. The van der Waals surface area contributed by atoms with Gasteiger partial charge in [-0.05, 0) is 69.6 Å². The third-order valence-electron chi connectivity index (χ3n) is 8.98. The molecule has 1 atom stereocenters. The Balaban J connectivity index is 1.30. The normalized spacial score (nSPS) is 18.0. The van der Waals surface area contributed by atoms with Crippen molar-refractivity contribution in [2.24, 2.45) is 0 Å². The van der Waals surface area contributed by atoms with Crippen molar-refractivity contribution >= 4 is 5.78 Å². The molecule has 2 aromatic carbocycles. The maximum absolute atomic E-state index is 14.3. The number of rotatable bonds is 10. The van der Waals surface area contributed by atoms with Gasteiger partial charge in [-0.2, -0.15) is 10.1 Å². The lowest BCUT2D eigenvalue weighted by Gasteiger charge is -2.35. The van der Waals surface area contributed by atoms with E-state index >= 15 is 0 Å². The molecule has 1 aliphatic carbocycles. The van der Waals surface area contributed by atoms with Crippen molar-refractivity contribution in [2.45, 2.75) is 96.5 Å². The van der Waals surface area contributed by atoms with Gasteiger partial charge in [0.2, 0.25) is 5.78 Å². The highest BCUT2D eigenvalue weighted by Crippen LogP contribution is 2.33. The molecular formula is C34H40N6O5. The van der Waals surface area contributed by atoms with Crippen LogP contribution in [0.5, 0.6) is 0 Å². The molecule has 1 saturated carbocycles. The summed E-state index contributed by atoms with van der Waals surface area (Å²) in [6, 6.07) is 15.8. The number of fused-ring (bicyclic) bond motifs is 1. The van der Waals surface area contributed by atoms with Gasteiger partial charge in [-0.1, -0.05) is 67.0 Å². The number of aromatic amines is 1. The van der Waals surface area contributed by atoms with E-state index in [0.29, 0.717) is 24.4 Å². The van der Waals surface area contributed by atoms with Gasteiger partial charge in [0.25, 0.3) is 5.56 Å². The molecule has 45 heavy (non-hydrogen) atoms. The van der Waals surface area contributed by atoms with E-state index in [1.807, 2.05) is 64.5 Å². The number of aliphatic hydroxyl groups is 1. The van der Waals surface area contributed by atoms with Crippen molar-refractivity contribution in [2.75, 3.05) is 0 Å². The summed E-state index contributed by atoms with van der Waals surface area (Å²) in [5.74, 6) is 0.354. The topological polar surface area (TPSA) is 141 Å². The van der Waals surface area contributed by atoms with Gasteiger partial charge in [-0.25, -0.2) is 9.31 Å². The summed E-state index contributed by atoms with van der Waals surface area (Å²) in [4.78, 5) is 33.1. The molecule has 11 heteroatoms. The quantitative estimate of drug-likeness (QED) is 0.222. The van der Waals surface area contributed by atoms with Crippen molar-refractivity contribution in [1.82, 2.24) is 29.3 Å². The van der Waals surface area contributed by atoms with E-state index in [1.54, 1.807) is 13.8 Å². The molecule has 1 aliphatic rings. The first-order valence-electron chi connectivity index (χ1n) is 15.7. The SMILES string of the molecule is CCCc1c(Cc2ccc(-c3ccccc3-c3noc(=O)[nH]3)cc2)c(=O)n(C2CCC(OC(C)C(C)(C)O)CC2)c2ncnn12. The second-order valence-electron chi connectivity index (χ2n) is 12.5. The zero-order valence-corrected chi connectivity index (χ0v) is 26.2. The van der Waals surface area contributed by atoms with E-state index in [4.69, 9.17) is 9.26 Å². The van der Waals surface area contributed by atoms with Crippen molar-refractivity contribution in [3.63, 3.8) is 0 Å². The van der Waals surface area contributed by atoms with Gasteiger partial charge in [-0.3, -0.25) is 18.9 Å². The molecule has 0 aliphatic heterocycles. The highest BCUT2D eigenvalue weighted by molar-refractivity contribution is 5.80. The van der Waals surface area contributed by atoms with Crippen LogP contribution in [-0.2, 0) is 17.6 Å². The van der Waals surface area contributed by atoms with Gasteiger partial charge in [0, 0.05) is 23.6 Å². The second-order valence-corrected chi connectivity index (χ2v) is 12.5. The summed E-state index contributed by atoms with van der Waals surface area (Å²) >= 11 is 0. The summed E-state index contributed by atoms with van der Waals surface area (Å²) in [6.07, 6.45) is 6.49. The molecule has 5 aromatic rings. The zero-order valence-electron chi connectivity index (χ0n) is 26.2. The fraction of sp³-hybridized carbons (Fsp3) is 0.441. The molecule has 1 fully saturated rings. The lowest BCUT2D eigenvalue weighted by atomic mass is 9.91. The zero-order chi connectivity index (χ0) is 31.7. The number of ether oxygens (including phenoxy) is 1. The summed E-state index contributed by atoms with van der Waals surface area (Å²) in [7, 11) is 0. The number of nitrogens with zero attached hydrogens (tertiary/aromatic N) is 5. The summed E-state index contributed by atoms with van der Waals surface area (Å²) in [5, 5.41) is 18.8. The first-order valence-corrected chi connectivity index (χ1v) is 15.7. The first-order chi connectivity index (χ1) is 21.6. The summed E-state index contributed by atoms with van der Waals surface area (Å²) in [6.45, 7) is 7.53. The van der Waals surface area contributed by atoms with Gasteiger partial charge >= 0.3 is 5.76 Å². The van der Waals surface area contributed by atoms with Crippen molar-refractivity contribution < 1.29 is 14.4 Å². The Hall–Kier alpha value is -4.35. The van der Waals surface area contributed by atoms with Crippen LogP contribution < -0.4 is 11.3 Å². The van der Waals surface area contributed by atoms with Crippen LogP contribution in [0.2, 0.25) is 0 Å². The van der Waals surface area contributed by atoms with Crippen LogP contribution in [0.3, 0.4) is 0 Å². The lowest BCUT2D eigenvalue weighted by molar-refractivity contribution is -0.118. The van der Waals surface area contributed by atoms with Crippen LogP contribution in [0, 0.1) is 0 Å². The van der Waals surface area contributed by atoms with Crippen molar-refractivity contribution in [3.8, 4) is 22.5 Å². The predicted octanol–water partition coefficient (Wildman–Crippen LogP) is 5.10. The van der Waals surface area contributed by atoms with E-state index in [9.17, 15) is 14.7 Å². The van der Waals surface area contributed by atoms with Crippen molar-refractivity contribution in [3.05, 3.63) is 92.6 Å².